The largest absolute Gasteiger partial charge is 0.493 e. The Balaban J connectivity index is 1.30. The topological polar surface area (TPSA) is 118 Å². The van der Waals surface area contributed by atoms with Crippen LogP contribution in [0.4, 0.5) is 11.4 Å². The normalized spacial score (nSPS) is 19.5. The second-order valence-corrected chi connectivity index (χ2v) is 11.9. The molecule has 11 heteroatoms. The predicted octanol–water partition coefficient (Wildman–Crippen LogP) is 4.57. The van der Waals surface area contributed by atoms with Crippen molar-refractivity contribution in [3.63, 3.8) is 0 Å². The zero-order valence-corrected chi connectivity index (χ0v) is 23.7. The van der Waals surface area contributed by atoms with Crippen LogP contribution in [0.15, 0.2) is 82.6 Å². The maximum absolute atomic E-state index is 13.8. The third kappa shape index (κ3) is 5.02. The highest BCUT2D eigenvalue weighted by atomic mass is 32.2. The highest BCUT2D eigenvalue weighted by molar-refractivity contribution is 8.00. The number of ether oxygens (including phenoxy) is 2. The van der Waals surface area contributed by atoms with Crippen molar-refractivity contribution >= 4 is 52.2 Å². The number of carbonyl (C=O) groups excluding carboxylic acids is 3. The van der Waals surface area contributed by atoms with Gasteiger partial charge in [0.15, 0.2) is 18.1 Å². The summed E-state index contributed by atoms with van der Waals surface area (Å²) in [4.78, 5) is 56.8. The van der Waals surface area contributed by atoms with E-state index in [1.807, 2.05) is 31.2 Å². The van der Waals surface area contributed by atoms with E-state index in [9.17, 15) is 19.2 Å². The van der Waals surface area contributed by atoms with Crippen LogP contribution >= 0.6 is 23.1 Å². The Morgan fingerprint density at radius 1 is 0.976 bits per heavy atom. The van der Waals surface area contributed by atoms with E-state index in [1.165, 1.54) is 23.8 Å². The van der Waals surface area contributed by atoms with Crippen molar-refractivity contribution in [2.75, 3.05) is 23.9 Å². The monoisotopic (exact) mass is 587 g/mol. The van der Waals surface area contributed by atoms with Gasteiger partial charge in [0.1, 0.15) is 5.25 Å². The first-order valence-electron chi connectivity index (χ1n) is 12.8. The van der Waals surface area contributed by atoms with Gasteiger partial charge in [0.05, 0.1) is 23.7 Å². The van der Waals surface area contributed by atoms with Gasteiger partial charge >= 0.3 is 4.87 Å². The lowest BCUT2D eigenvalue weighted by Gasteiger charge is -2.30. The molecule has 1 saturated heterocycles. The van der Waals surface area contributed by atoms with E-state index in [0.29, 0.717) is 38.3 Å². The molecule has 0 spiro atoms. The molecule has 0 bridgehead atoms. The third-order valence-electron chi connectivity index (χ3n) is 7.05. The fraction of sp³-hybridized carbons (Fsp3) is 0.200. The molecule has 6 rings (SSSR count). The highest BCUT2D eigenvalue weighted by Gasteiger charge is 2.56. The quantitative estimate of drug-likeness (QED) is 0.304. The lowest BCUT2D eigenvalue weighted by molar-refractivity contribution is -0.122. The van der Waals surface area contributed by atoms with Crippen LogP contribution < -0.4 is 24.6 Å². The SMILES string of the molecule is COc1cc(C2c3sc(=O)[nH]c3SC3C(=O)N(c4ccccc4)C(=O)C32)ccc1OCC(=O)Nc1cccc(C)c1. The average Bonchev–Trinajstić information content (AvgIpc) is 3.46. The first-order chi connectivity index (χ1) is 19.8. The summed E-state index contributed by atoms with van der Waals surface area (Å²) in [7, 11) is 1.49. The van der Waals surface area contributed by atoms with Crippen molar-refractivity contribution in [3.8, 4) is 11.5 Å². The number of anilines is 2. The Bertz CT molecular complexity index is 1720. The molecule has 1 fully saturated rings. The number of para-hydroxylation sites is 1. The van der Waals surface area contributed by atoms with E-state index in [2.05, 4.69) is 10.3 Å². The number of H-pyrrole nitrogens is 1. The number of aromatic amines is 1. The average molecular weight is 588 g/mol. The van der Waals surface area contributed by atoms with E-state index in [0.717, 1.165) is 16.9 Å². The van der Waals surface area contributed by atoms with Crippen molar-refractivity contribution in [2.24, 2.45) is 5.92 Å². The summed E-state index contributed by atoms with van der Waals surface area (Å²) in [6, 6.07) is 21.5. The van der Waals surface area contributed by atoms with E-state index in [4.69, 9.17) is 9.47 Å². The second kappa shape index (κ2) is 10.9. The molecule has 208 valence electrons. The van der Waals surface area contributed by atoms with E-state index in [-0.39, 0.29) is 29.2 Å². The molecule has 4 aromatic rings. The molecule has 3 amide bonds. The van der Waals surface area contributed by atoms with Crippen molar-refractivity contribution in [1.82, 2.24) is 4.98 Å². The molecule has 2 N–H and O–H groups in total. The number of imide groups is 1. The molecular weight excluding hydrogens is 562 g/mol. The number of aromatic nitrogens is 1. The zero-order valence-electron chi connectivity index (χ0n) is 22.1. The van der Waals surface area contributed by atoms with Gasteiger partial charge in [-0.25, -0.2) is 4.90 Å². The fourth-order valence-corrected chi connectivity index (χ4v) is 7.78. The van der Waals surface area contributed by atoms with Gasteiger partial charge in [-0.3, -0.25) is 19.2 Å². The van der Waals surface area contributed by atoms with Crippen molar-refractivity contribution in [1.29, 1.82) is 0 Å². The van der Waals surface area contributed by atoms with Gasteiger partial charge in [0.25, 0.3) is 5.91 Å². The Hall–Kier alpha value is -4.35. The minimum absolute atomic E-state index is 0.239. The Morgan fingerprint density at radius 2 is 1.78 bits per heavy atom. The summed E-state index contributed by atoms with van der Waals surface area (Å²) < 4.78 is 11.4. The number of thioether (sulfide) groups is 1. The minimum atomic E-state index is -0.719. The summed E-state index contributed by atoms with van der Waals surface area (Å²) in [5.74, 6) is -1.53. The van der Waals surface area contributed by atoms with Crippen molar-refractivity contribution in [2.45, 2.75) is 23.1 Å². The number of hydrogen-bond acceptors (Lipinski definition) is 8. The lowest BCUT2D eigenvalue weighted by Crippen LogP contribution is -2.32. The molecule has 41 heavy (non-hydrogen) atoms. The molecule has 3 heterocycles. The number of thiazole rings is 1. The number of benzene rings is 3. The van der Waals surface area contributed by atoms with Crippen LogP contribution in [0.1, 0.15) is 21.9 Å². The first kappa shape index (κ1) is 26.9. The molecule has 0 aliphatic carbocycles. The number of nitrogens with one attached hydrogen (secondary N) is 2. The third-order valence-corrected chi connectivity index (χ3v) is 9.45. The van der Waals surface area contributed by atoms with Crippen LogP contribution in [0.2, 0.25) is 0 Å². The molecule has 2 aliphatic rings. The van der Waals surface area contributed by atoms with Crippen LogP contribution in [-0.4, -0.2) is 41.7 Å². The standard InChI is InChI=1S/C30H25N3O6S2/c1-16-7-6-8-18(13-16)31-22(34)15-39-20-12-11-17(14-21(20)38-2)23-24-26(40-27-25(23)41-30(37)32-27)29(36)33(28(24)35)19-9-4-3-5-10-19/h3-14,23-24,26H,15H2,1-2H3,(H,31,34)(H,32,37). The van der Waals surface area contributed by atoms with Gasteiger partial charge in [-0.2, -0.15) is 0 Å². The molecule has 9 nitrogen and oxygen atoms in total. The molecule has 0 radical (unpaired) electrons. The number of nitrogens with zero attached hydrogens (tertiary/aromatic N) is 1. The molecule has 3 unspecified atom stereocenters. The van der Waals surface area contributed by atoms with Gasteiger partial charge in [0.2, 0.25) is 11.8 Å². The molecular formula is C30H25N3O6S2. The number of methoxy groups -OCH3 is 1. The zero-order chi connectivity index (χ0) is 28.7. The summed E-state index contributed by atoms with van der Waals surface area (Å²) in [5.41, 5.74) is 2.90. The van der Waals surface area contributed by atoms with Crippen LogP contribution in [0, 0.1) is 12.8 Å². The van der Waals surface area contributed by atoms with Crippen LogP contribution in [0.3, 0.4) is 0 Å². The maximum Gasteiger partial charge on any atom is 0.305 e. The summed E-state index contributed by atoms with van der Waals surface area (Å²) in [6.45, 7) is 1.70. The molecule has 3 atom stereocenters. The highest BCUT2D eigenvalue weighted by Crippen LogP contribution is 2.53. The Kier molecular flexibility index (Phi) is 7.14. The second-order valence-electron chi connectivity index (χ2n) is 9.71. The Morgan fingerprint density at radius 3 is 2.54 bits per heavy atom. The van der Waals surface area contributed by atoms with E-state index < -0.39 is 17.1 Å². The molecule has 0 saturated carbocycles. The smallest absolute Gasteiger partial charge is 0.305 e. The van der Waals surface area contributed by atoms with Crippen molar-refractivity contribution in [3.05, 3.63) is 98.5 Å². The number of amides is 3. The minimum Gasteiger partial charge on any atom is -0.493 e. The van der Waals surface area contributed by atoms with Gasteiger partial charge < -0.3 is 19.8 Å². The molecule has 3 aromatic carbocycles. The summed E-state index contributed by atoms with van der Waals surface area (Å²) >= 11 is 2.26. The van der Waals surface area contributed by atoms with Gasteiger partial charge in [-0.05, 0) is 54.4 Å². The van der Waals surface area contributed by atoms with E-state index in [1.54, 1.807) is 48.5 Å². The predicted molar refractivity (Wildman–Crippen MR) is 157 cm³/mol. The van der Waals surface area contributed by atoms with Gasteiger partial charge in [0, 0.05) is 16.5 Å². The van der Waals surface area contributed by atoms with Crippen molar-refractivity contribution < 1.29 is 23.9 Å². The maximum atomic E-state index is 13.8. The number of hydrogen-bond donors (Lipinski definition) is 2. The van der Waals surface area contributed by atoms with Crippen LogP contribution in [0.25, 0.3) is 0 Å². The molecule has 2 aliphatic heterocycles. The van der Waals surface area contributed by atoms with Crippen LogP contribution in [0.5, 0.6) is 11.5 Å². The number of rotatable bonds is 7. The van der Waals surface area contributed by atoms with Gasteiger partial charge in [-0.1, -0.05) is 59.5 Å². The number of fused-ring (bicyclic) bond motifs is 2. The number of carbonyl (C=O) groups is 3. The fourth-order valence-electron chi connectivity index (χ4n) is 5.27. The number of aryl methyl sites for hydroxylation is 1. The Labute approximate surface area is 243 Å². The summed E-state index contributed by atoms with van der Waals surface area (Å²) in [6.07, 6.45) is 0. The summed E-state index contributed by atoms with van der Waals surface area (Å²) in [5, 5.41) is 2.70. The van der Waals surface area contributed by atoms with Crippen LogP contribution in [-0.2, 0) is 14.4 Å². The van der Waals surface area contributed by atoms with E-state index >= 15 is 0 Å². The first-order valence-corrected chi connectivity index (χ1v) is 14.5. The lowest BCUT2D eigenvalue weighted by atomic mass is 9.83. The molecule has 1 aromatic heterocycles. The van der Waals surface area contributed by atoms with Gasteiger partial charge in [-0.15, -0.1) is 0 Å².